The standard InChI is InChI=1S/C13H19N3OS/c17-12(15-6-4-5-7-15)11-10-18-13(14-11)16-8-2-1-3-9-16/h10H,1-9H2. The number of carbonyl (C=O) groups is 1. The SMILES string of the molecule is O=C(c1csc(N2CCCCC2)n1)N1CCCC1. The normalized spacial score (nSPS) is 20.4. The van der Waals surface area contributed by atoms with Crippen LogP contribution in [0.5, 0.6) is 0 Å². The molecule has 2 fully saturated rings. The third-order valence-electron chi connectivity index (χ3n) is 3.73. The number of anilines is 1. The van der Waals surface area contributed by atoms with Crippen molar-refractivity contribution >= 4 is 22.4 Å². The van der Waals surface area contributed by atoms with Crippen LogP contribution in [0.4, 0.5) is 5.13 Å². The lowest BCUT2D eigenvalue weighted by atomic mass is 10.1. The van der Waals surface area contributed by atoms with Crippen LogP contribution in [0.3, 0.4) is 0 Å². The average Bonchev–Trinajstić information content (AvgIpc) is 3.10. The van der Waals surface area contributed by atoms with Gasteiger partial charge >= 0.3 is 0 Å². The smallest absolute Gasteiger partial charge is 0.273 e. The number of thiazole rings is 1. The van der Waals surface area contributed by atoms with Crippen molar-refractivity contribution in [3.8, 4) is 0 Å². The topological polar surface area (TPSA) is 36.4 Å². The summed E-state index contributed by atoms with van der Waals surface area (Å²) in [6, 6.07) is 0. The maximum atomic E-state index is 12.2. The molecule has 1 aromatic rings. The fourth-order valence-corrected chi connectivity index (χ4v) is 3.53. The number of amides is 1. The molecule has 0 aliphatic carbocycles. The number of carbonyl (C=O) groups excluding carboxylic acids is 1. The Balaban J connectivity index is 1.70. The summed E-state index contributed by atoms with van der Waals surface area (Å²) in [4.78, 5) is 21.0. The molecule has 98 valence electrons. The van der Waals surface area contributed by atoms with Crippen LogP contribution in [-0.4, -0.2) is 42.0 Å². The molecule has 0 spiro atoms. The van der Waals surface area contributed by atoms with E-state index in [2.05, 4.69) is 9.88 Å². The molecule has 0 radical (unpaired) electrons. The van der Waals surface area contributed by atoms with Crippen LogP contribution in [0.15, 0.2) is 5.38 Å². The van der Waals surface area contributed by atoms with Crippen LogP contribution in [-0.2, 0) is 0 Å². The Morgan fingerprint density at radius 2 is 1.72 bits per heavy atom. The van der Waals surface area contributed by atoms with Crippen molar-refractivity contribution in [2.45, 2.75) is 32.1 Å². The lowest BCUT2D eigenvalue weighted by Gasteiger charge is -2.25. The minimum absolute atomic E-state index is 0.118. The van der Waals surface area contributed by atoms with Gasteiger partial charge in [-0.05, 0) is 32.1 Å². The number of hydrogen-bond acceptors (Lipinski definition) is 4. The molecule has 3 rings (SSSR count). The van der Waals surface area contributed by atoms with Crippen molar-refractivity contribution in [3.63, 3.8) is 0 Å². The molecule has 3 heterocycles. The zero-order valence-corrected chi connectivity index (χ0v) is 11.4. The van der Waals surface area contributed by atoms with Crippen molar-refractivity contribution in [1.29, 1.82) is 0 Å². The van der Waals surface area contributed by atoms with Gasteiger partial charge in [0.2, 0.25) is 0 Å². The molecule has 5 heteroatoms. The summed E-state index contributed by atoms with van der Waals surface area (Å²) in [5, 5.41) is 2.95. The largest absolute Gasteiger partial charge is 0.348 e. The van der Waals surface area contributed by atoms with E-state index in [1.54, 1.807) is 11.3 Å². The first-order valence-electron chi connectivity index (χ1n) is 6.84. The average molecular weight is 265 g/mol. The first kappa shape index (κ1) is 12.0. The maximum Gasteiger partial charge on any atom is 0.273 e. The lowest BCUT2D eigenvalue weighted by molar-refractivity contribution is 0.0788. The number of nitrogens with zero attached hydrogens (tertiary/aromatic N) is 3. The van der Waals surface area contributed by atoms with Gasteiger partial charge in [-0.2, -0.15) is 0 Å². The molecule has 1 amide bonds. The summed E-state index contributed by atoms with van der Waals surface area (Å²) in [6.45, 7) is 3.97. The van der Waals surface area contributed by atoms with E-state index in [0.29, 0.717) is 5.69 Å². The molecule has 2 saturated heterocycles. The monoisotopic (exact) mass is 265 g/mol. The number of likely N-dealkylation sites (tertiary alicyclic amines) is 1. The molecule has 0 atom stereocenters. The Morgan fingerprint density at radius 3 is 2.44 bits per heavy atom. The second kappa shape index (κ2) is 5.26. The highest BCUT2D eigenvalue weighted by Gasteiger charge is 2.23. The third-order valence-corrected chi connectivity index (χ3v) is 4.63. The fraction of sp³-hybridized carbons (Fsp3) is 0.692. The summed E-state index contributed by atoms with van der Waals surface area (Å²) in [6.07, 6.45) is 6.08. The van der Waals surface area contributed by atoms with Crippen LogP contribution in [0.25, 0.3) is 0 Å². The van der Waals surface area contributed by atoms with E-state index >= 15 is 0 Å². The van der Waals surface area contributed by atoms with Gasteiger partial charge in [0.1, 0.15) is 5.69 Å². The second-order valence-electron chi connectivity index (χ2n) is 5.06. The van der Waals surface area contributed by atoms with Gasteiger partial charge in [0, 0.05) is 31.6 Å². The summed E-state index contributed by atoms with van der Waals surface area (Å²) in [5.41, 5.74) is 0.641. The Labute approximate surface area is 112 Å². The van der Waals surface area contributed by atoms with Crippen molar-refractivity contribution in [2.24, 2.45) is 0 Å². The van der Waals surface area contributed by atoms with Gasteiger partial charge in [-0.25, -0.2) is 4.98 Å². The van der Waals surface area contributed by atoms with E-state index in [9.17, 15) is 4.79 Å². The lowest BCUT2D eigenvalue weighted by Crippen LogP contribution is -2.30. The molecule has 0 saturated carbocycles. The number of aromatic nitrogens is 1. The van der Waals surface area contributed by atoms with Crippen molar-refractivity contribution < 1.29 is 4.79 Å². The van der Waals surface area contributed by atoms with E-state index < -0.39 is 0 Å². The third kappa shape index (κ3) is 2.36. The highest BCUT2D eigenvalue weighted by molar-refractivity contribution is 7.13. The van der Waals surface area contributed by atoms with E-state index in [1.165, 1.54) is 19.3 Å². The molecule has 18 heavy (non-hydrogen) atoms. The van der Waals surface area contributed by atoms with Crippen molar-refractivity contribution in [3.05, 3.63) is 11.1 Å². The molecule has 0 N–H and O–H groups in total. The molecule has 0 bridgehead atoms. The molecule has 0 unspecified atom stereocenters. The second-order valence-corrected chi connectivity index (χ2v) is 5.90. The first-order chi connectivity index (χ1) is 8.84. The summed E-state index contributed by atoms with van der Waals surface area (Å²) in [7, 11) is 0. The van der Waals surface area contributed by atoms with Gasteiger partial charge in [0.25, 0.3) is 5.91 Å². The van der Waals surface area contributed by atoms with Gasteiger partial charge in [-0.3, -0.25) is 4.79 Å². The molecule has 2 aliphatic rings. The van der Waals surface area contributed by atoms with E-state index in [0.717, 1.165) is 44.2 Å². The Morgan fingerprint density at radius 1 is 1.06 bits per heavy atom. The van der Waals surface area contributed by atoms with Crippen LogP contribution < -0.4 is 4.90 Å². The van der Waals surface area contributed by atoms with E-state index in [4.69, 9.17) is 0 Å². The summed E-state index contributed by atoms with van der Waals surface area (Å²) in [5.74, 6) is 0.118. The summed E-state index contributed by atoms with van der Waals surface area (Å²) < 4.78 is 0. The van der Waals surface area contributed by atoms with Gasteiger partial charge in [-0.15, -0.1) is 11.3 Å². The predicted octanol–water partition coefficient (Wildman–Crippen LogP) is 2.37. The van der Waals surface area contributed by atoms with Crippen LogP contribution in [0.1, 0.15) is 42.6 Å². The highest BCUT2D eigenvalue weighted by atomic mass is 32.1. The Bertz CT molecular complexity index is 420. The molecule has 0 aromatic carbocycles. The number of piperidine rings is 1. The molecule has 1 aromatic heterocycles. The van der Waals surface area contributed by atoms with Gasteiger partial charge in [0.15, 0.2) is 5.13 Å². The van der Waals surface area contributed by atoms with Gasteiger partial charge in [0.05, 0.1) is 0 Å². The predicted molar refractivity (Wildman–Crippen MR) is 73.3 cm³/mol. The zero-order valence-electron chi connectivity index (χ0n) is 10.6. The molecule has 4 nitrogen and oxygen atoms in total. The quantitative estimate of drug-likeness (QED) is 0.823. The molecular formula is C13H19N3OS. The Kier molecular flexibility index (Phi) is 3.50. The van der Waals surface area contributed by atoms with Crippen LogP contribution in [0, 0.1) is 0 Å². The maximum absolute atomic E-state index is 12.2. The number of rotatable bonds is 2. The first-order valence-corrected chi connectivity index (χ1v) is 7.72. The van der Waals surface area contributed by atoms with Crippen LogP contribution in [0.2, 0.25) is 0 Å². The number of hydrogen-bond donors (Lipinski definition) is 0. The minimum Gasteiger partial charge on any atom is -0.348 e. The van der Waals surface area contributed by atoms with Crippen molar-refractivity contribution in [2.75, 3.05) is 31.1 Å². The van der Waals surface area contributed by atoms with Gasteiger partial charge in [-0.1, -0.05) is 0 Å². The Hall–Kier alpha value is -1.10. The van der Waals surface area contributed by atoms with E-state index in [-0.39, 0.29) is 5.91 Å². The zero-order chi connectivity index (χ0) is 12.4. The molecule has 2 aliphatic heterocycles. The summed E-state index contributed by atoms with van der Waals surface area (Å²) >= 11 is 1.61. The minimum atomic E-state index is 0.118. The van der Waals surface area contributed by atoms with Crippen molar-refractivity contribution in [1.82, 2.24) is 9.88 Å². The van der Waals surface area contributed by atoms with E-state index in [1.807, 2.05) is 10.3 Å². The fourth-order valence-electron chi connectivity index (χ4n) is 2.68. The molecular weight excluding hydrogens is 246 g/mol. The van der Waals surface area contributed by atoms with Crippen LogP contribution >= 0.6 is 11.3 Å². The highest BCUT2D eigenvalue weighted by Crippen LogP contribution is 2.25. The van der Waals surface area contributed by atoms with Gasteiger partial charge < -0.3 is 9.80 Å².